The third-order valence-corrected chi connectivity index (χ3v) is 8.91. The van der Waals surface area contributed by atoms with Gasteiger partial charge in [-0.3, -0.25) is 4.79 Å². The highest BCUT2D eigenvalue weighted by atomic mass is 32.2. The summed E-state index contributed by atoms with van der Waals surface area (Å²) in [5.74, 6) is -0.572. The van der Waals surface area contributed by atoms with Crippen molar-refractivity contribution in [3.8, 4) is 0 Å². The molecule has 206 valence electrons. The average Bonchev–Trinajstić information content (AvgIpc) is 3.33. The number of hydrogen-bond acceptors (Lipinski definition) is 9. The minimum absolute atomic E-state index is 0.0112. The Bertz CT molecular complexity index is 1100. The monoisotopic (exact) mass is 538 g/mol. The Kier molecular flexibility index (Phi) is 8.04. The molecule has 3 heterocycles. The Morgan fingerprint density at radius 2 is 1.68 bits per heavy atom. The molecule has 2 fully saturated rings. The van der Waals surface area contributed by atoms with Crippen molar-refractivity contribution in [1.29, 1.82) is 0 Å². The number of hydrogen-bond donors (Lipinski definition) is 1. The molecule has 0 spiro atoms. The quantitative estimate of drug-likeness (QED) is 0.424. The SMILES string of the molecule is CC(C)[C@@H](NC(=O)OC(C)(C)C)C(=O)N1CC[C@@H](S(=O)(=O)c2ncc(B3OC(C)(C)C(C)(C)O3)cn2)C1. The topological polar surface area (TPSA) is 137 Å². The van der Waals surface area contributed by atoms with Crippen LogP contribution in [0.4, 0.5) is 4.79 Å². The van der Waals surface area contributed by atoms with Crippen LogP contribution in [0.2, 0.25) is 0 Å². The van der Waals surface area contributed by atoms with E-state index in [0.29, 0.717) is 5.46 Å². The van der Waals surface area contributed by atoms with Gasteiger partial charge in [0, 0.05) is 30.9 Å². The van der Waals surface area contributed by atoms with Gasteiger partial charge in [0.25, 0.3) is 0 Å². The predicted molar refractivity (Wildman–Crippen MR) is 138 cm³/mol. The van der Waals surface area contributed by atoms with Crippen molar-refractivity contribution in [2.24, 2.45) is 5.92 Å². The second-order valence-corrected chi connectivity index (χ2v) is 14.1. The lowest BCUT2D eigenvalue weighted by Gasteiger charge is -2.32. The van der Waals surface area contributed by atoms with Crippen LogP contribution in [0.3, 0.4) is 0 Å². The Morgan fingerprint density at radius 1 is 1.14 bits per heavy atom. The zero-order chi connectivity index (χ0) is 28.0. The lowest BCUT2D eigenvalue weighted by Crippen LogP contribution is -2.52. The molecule has 13 heteroatoms. The Labute approximate surface area is 220 Å². The number of amides is 2. The van der Waals surface area contributed by atoms with Crippen LogP contribution in [0.15, 0.2) is 17.6 Å². The van der Waals surface area contributed by atoms with E-state index in [1.165, 1.54) is 17.3 Å². The van der Waals surface area contributed by atoms with Crippen molar-refractivity contribution in [2.75, 3.05) is 13.1 Å². The van der Waals surface area contributed by atoms with E-state index in [0.717, 1.165) is 0 Å². The molecule has 1 N–H and O–H groups in total. The molecule has 1 aromatic heterocycles. The van der Waals surface area contributed by atoms with Crippen LogP contribution in [-0.4, -0.2) is 83.6 Å². The first-order valence-corrected chi connectivity index (χ1v) is 14.1. The molecule has 2 amide bonds. The van der Waals surface area contributed by atoms with Crippen molar-refractivity contribution in [3.63, 3.8) is 0 Å². The summed E-state index contributed by atoms with van der Waals surface area (Å²) in [6.45, 7) is 16.7. The number of likely N-dealkylation sites (tertiary alicyclic amines) is 1. The third-order valence-electron chi connectivity index (χ3n) is 6.93. The molecule has 0 radical (unpaired) electrons. The van der Waals surface area contributed by atoms with E-state index < -0.39 is 51.1 Å². The molecular formula is C24H39BN4O7S. The Hall–Kier alpha value is -2.25. The minimum atomic E-state index is -3.89. The van der Waals surface area contributed by atoms with Crippen molar-refractivity contribution < 1.29 is 32.1 Å². The molecule has 2 aliphatic rings. The molecule has 0 bridgehead atoms. The van der Waals surface area contributed by atoms with Gasteiger partial charge in [-0.05, 0) is 60.8 Å². The molecular weight excluding hydrogens is 499 g/mol. The molecule has 37 heavy (non-hydrogen) atoms. The van der Waals surface area contributed by atoms with Crippen molar-refractivity contribution in [2.45, 2.75) is 102 Å². The van der Waals surface area contributed by atoms with Gasteiger partial charge < -0.3 is 24.3 Å². The number of nitrogens with one attached hydrogen (secondary N) is 1. The van der Waals surface area contributed by atoms with E-state index in [1.807, 2.05) is 27.7 Å². The molecule has 3 rings (SSSR count). The Morgan fingerprint density at radius 3 is 2.16 bits per heavy atom. The maximum Gasteiger partial charge on any atom is 0.498 e. The first-order valence-electron chi connectivity index (χ1n) is 12.5. The van der Waals surface area contributed by atoms with Crippen molar-refractivity contribution in [3.05, 3.63) is 12.4 Å². The highest BCUT2D eigenvalue weighted by Crippen LogP contribution is 2.36. The predicted octanol–water partition coefficient (Wildman–Crippen LogP) is 1.70. The third kappa shape index (κ3) is 6.43. The number of carbonyl (C=O) groups is 2. The van der Waals surface area contributed by atoms with Crippen LogP contribution >= 0.6 is 0 Å². The highest BCUT2D eigenvalue weighted by molar-refractivity contribution is 7.91. The standard InChI is InChI=1S/C24H39BN4O7S/c1-15(2)18(28-21(31)34-22(3,4)5)19(30)29-11-10-17(14-29)37(32,33)20-26-12-16(13-27-20)25-35-23(6,7)24(8,9)36-25/h12-13,15,17-18H,10-11,14H2,1-9H3,(H,28,31)/t17-,18-/m1/s1. The summed E-state index contributed by atoms with van der Waals surface area (Å²) in [5, 5.41) is 1.47. The zero-order valence-electron chi connectivity index (χ0n) is 23.2. The zero-order valence-corrected chi connectivity index (χ0v) is 24.0. The van der Waals surface area contributed by atoms with Gasteiger partial charge in [0.15, 0.2) is 0 Å². The molecule has 0 unspecified atom stereocenters. The number of carbonyl (C=O) groups excluding carboxylic acids is 2. The summed E-state index contributed by atoms with van der Waals surface area (Å²) < 4.78 is 43.8. The summed E-state index contributed by atoms with van der Waals surface area (Å²) in [4.78, 5) is 35.1. The number of nitrogens with zero attached hydrogens (tertiary/aromatic N) is 3. The van der Waals surface area contributed by atoms with Crippen LogP contribution in [0, 0.1) is 5.92 Å². The maximum atomic E-state index is 13.3. The second kappa shape index (κ2) is 10.1. The maximum absolute atomic E-state index is 13.3. The van der Waals surface area contributed by atoms with E-state index in [9.17, 15) is 18.0 Å². The largest absolute Gasteiger partial charge is 0.498 e. The molecule has 11 nitrogen and oxygen atoms in total. The molecule has 2 saturated heterocycles. The number of alkyl carbamates (subject to hydrolysis) is 1. The fourth-order valence-electron chi connectivity index (χ4n) is 4.05. The van der Waals surface area contributed by atoms with Crippen LogP contribution in [-0.2, 0) is 28.7 Å². The van der Waals surface area contributed by atoms with Gasteiger partial charge in [-0.2, -0.15) is 0 Å². The van der Waals surface area contributed by atoms with E-state index >= 15 is 0 Å². The van der Waals surface area contributed by atoms with Gasteiger partial charge in [0.2, 0.25) is 20.9 Å². The molecule has 0 saturated carbocycles. The van der Waals surface area contributed by atoms with Gasteiger partial charge in [0.05, 0.1) is 16.5 Å². The number of rotatable bonds is 6. The van der Waals surface area contributed by atoms with E-state index in [4.69, 9.17) is 14.0 Å². The average molecular weight is 538 g/mol. The molecule has 2 aliphatic heterocycles. The summed E-state index contributed by atoms with van der Waals surface area (Å²) in [7, 11) is -4.60. The lowest BCUT2D eigenvalue weighted by atomic mass is 9.81. The first-order chi connectivity index (χ1) is 16.8. The minimum Gasteiger partial charge on any atom is -0.444 e. The highest BCUT2D eigenvalue weighted by Gasteiger charge is 2.52. The summed E-state index contributed by atoms with van der Waals surface area (Å²) in [6, 6.07) is -0.841. The fraction of sp³-hybridized carbons (Fsp3) is 0.750. The first kappa shape index (κ1) is 29.3. The van der Waals surface area contributed by atoms with Gasteiger partial charge in [0.1, 0.15) is 11.6 Å². The normalized spacial score (nSPS) is 22.3. The van der Waals surface area contributed by atoms with Crippen LogP contribution < -0.4 is 10.8 Å². The molecule has 0 aliphatic carbocycles. The van der Waals surface area contributed by atoms with Gasteiger partial charge in [-0.15, -0.1) is 0 Å². The molecule has 2 atom stereocenters. The molecule has 0 aromatic carbocycles. The van der Waals surface area contributed by atoms with Crippen LogP contribution in [0.5, 0.6) is 0 Å². The fourth-order valence-corrected chi connectivity index (χ4v) is 5.54. The van der Waals surface area contributed by atoms with Gasteiger partial charge >= 0.3 is 13.2 Å². The number of aromatic nitrogens is 2. The lowest BCUT2D eigenvalue weighted by molar-refractivity contribution is -0.133. The van der Waals surface area contributed by atoms with E-state index in [1.54, 1.807) is 34.6 Å². The van der Waals surface area contributed by atoms with Gasteiger partial charge in [-0.25, -0.2) is 23.2 Å². The number of sulfone groups is 1. The van der Waals surface area contributed by atoms with Gasteiger partial charge in [-0.1, -0.05) is 13.8 Å². The van der Waals surface area contributed by atoms with E-state index in [2.05, 4.69) is 15.3 Å². The summed E-state index contributed by atoms with van der Waals surface area (Å²) >= 11 is 0. The smallest absolute Gasteiger partial charge is 0.444 e. The van der Waals surface area contributed by atoms with E-state index in [-0.39, 0.29) is 36.5 Å². The van der Waals surface area contributed by atoms with Crippen LogP contribution in [0.1, 0.15) is 68.7 Å². The molecule has 1 aromatic rings. The van der Waals surface area contributed by atoms with Crippen molar-refractivity contribution in [1.82, 2.24) is 20.2 Å². The number of ether oxygens (including phenoxy) is 1. The summed E-state index contributed by atoms with van der Waals surface area (Å²) in [5.41, 5.74) is -1.28. The second-order valence-electron chi connectivity index (χ2n) is 12.0. The Balaban J connectivity index is 1.68. The van der Waals surface area contributed by atoms with Crippen molar-refractivity contribution >= 4 is 34.4 Å². The van der Waals surface area contributed by atoms with Crippen LogP contribution in [0.25, 0.3) is 0 Å². The summed E-state index contributed by atoms with van der Waals surface area (Å²) in [6.07, 6.45) is 2.35.